The normalized spacial score (nSPS) is 18.5. The van der Waals surface area contributed by atoms with Crippen molar-refractivity contribution in [1.82, 2.24) is 4.98 Å². The van der Waals surface area contributed by atoms with Crippen LogP contribution >= 0.6 is 0 Å². The first-order valence-corrected chi connectivity index (χ1v) is 8.91. The molecule has 0 bridgehead atoms. The van der Waals surface area contributed by atoms with Crippen LogP contribution in [0, 0.1) is 5.92 Å². The molecule has 0 radical (unpaired) electrons. The Labute approximate surface area is 151 Å². The fourth-order valence-corrected chi connectivity index (χ4v) is 3.38. The van der Waals surface area contributed by atoms with E-state index >= 15 is 0 Å². The molecule has 2 heterocycles. The molecule has 26 heavy (non-hydrogen) atoms. The van der Waals surface area contributed by atoms with Crippen molar-refractivity contribution in [3.8, 4) is 11.5 Å². The molecule has 1 saturated carbocycles. The largest absolute Gasteiger partial charge is 0.452 e. The Morgan fingerprint density at radius 2 is 1.88 bits per heavy atom. The number of hydrogen-bond donors (Lipinski definition) is 0. The van der Waals surface area contributed by atoms with Crippen LogP contribution in [0.4, 0.5) is 0 Å². The molecule has 0 amide bonds. The molecule has 0 N–H and O–H groups in total. The number of Topliss-reactive ketones (excluding diaryl/α,β-unsaturated/α-hetero) is 1. The van der Waals surface area contributed by atoms with E-state index in [4.69, 9.17) is 9.47 Å². The predicted molar refractivity (Wildman–Crippen MR) is 95.8 cm³/mol. The lowest BCUT2D eigenvalue weighted by molar-refractivity contribution is -0.139. The zero-order valence-electron chi connectivity index (χ0n) is 14.3. The van der Waals surface area contributed by atoms with Crippen LogP contribution in [0.3, 0.4) is 0 Å². The number of carbonyl (C=O) groups is 2. The number of nitrogens with zero attached hydrogens (tertiary/aromatic N) is 1. The van der Waals surface area contributed by atoms with Crippen molar-refractivity contribution >= 4 is 17.8 Å². The number of aromatic nitrogens is 1. The van der Waals surface area contributed by atoms with Crippen LogP contribution in [0.2, 0.25) is 0 Å². The summed E-state index contributed by atoms with van der Waals surface area (Å²) in [4.78, 5) is 28.7. The van der Waals surface area contributed by atoms with Gasteiger partial charge in [0.15, 0.2) is 5.76 Å². The van der Waals surface area contributed by atoms with E-state index in [-0.39, 0.29) is 23.4 Å². The number of carbonyl (C=O) groups excluding carboxylic acids is 2. The Bertz CT molecular complexity index is 867. The van der Waals surface area contributed by atoms with Gasteiger partial charge in [-0.25, -0.2) is 0 Å². The molecular formula is C21H19NO4. The molecule has 0 unspecified atom stereocenters. The van der Waals surface area contributed by atoms with Gasteiger partial charge in [0.05, 0.1) is 11.5 Å². The molecule has 2 aliphatic rings. The molecule has 1 aromatic carbocycles. The number of allylic oxidation sites excluding steroid dienone is 1. The standard InChI is InChI=1S/C21H19NO4/c23-20-17-7-6-16(25-21(24)15-4-2-1-3-5-15)13-18(17)26-19(20)12-14-8-10-22-11-9-14/h6-13,15H,1-5H2/b19-12-. The fraction of sp³-hybridized carbons (Fsp3) is 0.286. The lowest BCUT2D eigenvalue weighted by Gasteiger charge is -2.19. The molecule has 0 spiro atoms. The van der Waals surface area contributed by atoms with Gasteiger partial charge in [0.25, 0.3) is 0 Å². The molecule has 132 valence electrons. The zero-order valence-corrected chi connectivity index (χ0v) is 14.3. The van der Waals surface area contributed by atoms with Crippen molar-refractivity contribution in [2.24, 2.45) is 5.92 Å². The molecule has 1 aromatic heterocycles. The van der Waals surface area contributed by atoms with E-state index in [0.29, 0.717) is 17.1 Å². The highest BCUT2D eigenvalue weighted by molar-refractivity contribution is 6.14. The number of hydrogen-bond acceptors (Lipinski definition) is 5. The number of pyridine rings is 1. The Hall–Kier alpha value is -2.95. The molecule has 5 heteroatoms. The molecule has 5 nitrogen and oxygen atoms in total. The maximum atomic E-state index is 12.5. The minimum absolute atomic E-state index is 0.0262. The monoisotopic (exact) mass is 349 g/mol. The van der Waals surface area contributed by atoms with Crippen molar-refractivity contribution in [3.05, 3.63) is 59.6 Å². The van der Waals surface area contributed by atoms with Crippen molar-refractivity contribution in [1.29, 1.82) is 0 Å². The maximum absolute atomic E-state index is 12.5. The number of fused-ring (bicyclic) bond motifs is 1. The van der Waals surface area contributed by atoms with Crippen molar-refractivity contribution in [2.75, 3.05) is 0 Å². The van der Waals surface area contributed by atoms with Gasteiger partial charge < -0.3 is 9.47 Å². The third-order valence-electron chi connectivity index (χ3n) is 4.80. The Morgan fingerprint density at radius 3 is 2.65 bits per heavy atom. The molecule has 1 aliphatic carbocycles. The summed E-state index contributed by atoms with van der Waals surface area (Å²) in [6.45, 7) is 0. The molecule has 1 fully saturated rings. The minimum atomic E-state index is -0.193. The number of rotatable bonds is 3. The van der Waals surface area contributed by atoms with E-state index in [0.717, 1.165) is 31.2 Å². The van der Waals surface area contributed by atoms with Crippen LogP contribution in [0.15, 0.2) is 48.5 Å². The minimum Gasteiger partial charge on any atom is -0.452 e. The third-order valence-corrected chi connectivity index (χ3v) is 4.80. The summed E-state index contributed by atoms with van der Waals surface area (Å²) in [6.07, 6.45) is 10.1. The summed E-state index contributed by atoms with van der Waals surface area (Å²) >= 11 is 0. The van der Waals surface area contributed by atoms with Gasteiger partial charge in [0.2, 0.25) is 5.78 Å². The average molecular weight is 349 g/mol. The third kappa shape index (κ3) is 3.38. The summed E-state index contributed by atoms with van der Waals surface area (Å²) < 4.78 is 11.2. The molecule has 1 aliphatic heterocycles. The Morgan fingerprint density at radius 1 is 1.12 bits per heavy atom. The lowest BCUT2D eigenvalue weighted by Crippen LogP contribution is -2.22. The first-order valence-electron chi connectivity index (χ1n) is 8.91. The molecule has 0 saturated heterocycles. The van der Waals surface area contributed by atoms with Crippen LogP contribution < -0.4 is 9.47 Å². The van der Waals surface area contributed by atoms with Crippen LogP contribution in [-0.4, -0.2) is 16.7 Å². The van der Waals surface area contributed by atoms with Gasteiger partial charge in [-0.05, 0) is 48.7 Å². The van der Waals surface area contributed by atoms with Gasteiger partial charge in [-0.1, -0.05) is 19.3 Å². The first-order chi connectivity index (χ1) is 12.7. The second-order valence-electron chi connectivity index (χ2n) is 6.63. The molecule has 2 aromatic rings. The lowest BCUT2D eigenvalue weighted by atomic mass is 9.89. The van der Waals surface area contributed by atoms with Crippen LogP contribution in [0.5, 0.6) is 11.5 Å². The topological polar surface area (TPSA) is 65.5 Å². The second kappa shape index (κ2) is 7.12. The van der Waals surface area contributed by atoms with Crippen molar-refractivity contribution in [2.45, 2.75) is 32.1 Å². The highest BCUT2D eigenvalue weighted by Crippen LogP contribution is 2.35. The van der Waals surface area contributed by atoms with E-state index in [9.17, 15) is 9.59 Å². The number of ether oxygens (including phenoxy) is 2. The summed E-state index contributed by atoms with van der Waals surface area (Å²) in [5.74, 6) is 0.689. The predicted octanol–water partition coefficient (Wildman–Crippen LogP) is 4.18. The Balaban J connectivity index is 1.50. The highest BCUT2D eigenvalue weighted by Gasteiger charge is 2.29. The van der Waals surface area contributed by atoms with E-state index in [2.05, 4.69) is 4.98 Å². The van der Waals surface area contributed by atoms with Gasteiger partial charge in [-0.15, -0.1) is 0 Å². The number of benzene rings is 1. The summed E-state index contributed by atoms with van der Waals surface area (Å²) in [6, 6.07) is 8.50. The first kappa shape index (κ1) is 16.5. The van der Waals surface area contributed by atoms with Crippen LogP contribution in [-0.2, 0) is 4.79 Å². The maximum Gasteiger partial charge on any atom is 0.314 e. The number of ketones is 1. The average Bonchev–Trinajstić information content (AvgIpc) is 2.98. The van der Waals surface area contributed by atoms with E-state index < -0.39 is 0 Å². The van der Waals surface area contributed by atoms with Crippen molar-refractivity contribution < 1.29 is 19.1 Å². The van der Waals surface area contributed by atoms with Crippen LogP contribution in [0.1, 0.15) is 48.0 Å². The van der Waals surface area contributed by atoms with Gasteiger partial charge >= 0.3 is 5.97 Å². The summed E-state index contributed by atoms with van der Waals surface area (Å²) in [5, 5.41) is 0. The highest BCUT2D eigenvalue weighted by atomic mass is 16.5. The van der Waals surface area contributed by atoms with E-state index in [1.165, 1.54) is 6.42 Å². The van der Waals surface area contributed by atoms with Crippen molar-refractivity contribution in [3.63, 3.8) is 0 Å². The molecule has 4 rings (SSSR count). The smallest absolute Gasteiger partial charge is 0.314 e. The number of esters is 1. The quantitative estimate of drug-likeness (QED) is 0.472. The second-order valence-corrected chi connectivity index (χ2v) is 6.63. The summed E-state index contributed by atoms with van der Waals surface area (Å²) in [7, 11) is 0. The fourth-order valence-electron chi connectivity index (χ4n) is 3.38. The Kier molecular flexibility index (Phi) is 4.52. The van der Waals surface area contributed by atoms with Gasteiger partial charge in [-0.3, -0.25) is 14.6 Å². The van der Waals surface area contributed by atoms with E-state index in [1.54, 1.807) is 48.8 Å². The molecule has 0 atom stereocenters. The van der Waals surface area contributed by atoms with Gasteiger partial charge in [-0.2, -0.15) is 0 Å². The van der Waals surface area contributed by atoms with E-state index in [1.807, 2.05) is 0 Å². The zero-order chi connectivity index (χ0) is 17.9. The van der Waals surface area contributed by atoms with Gasteiger partial charge in [0.1, 0.15) is 11.5 Å². The van der Waals surface area contributed by atoms with Gasteiger partial charge in [0, 0.05) is 18.5 Å². The van der Waals surface area contributed by atoms with Crippen LogP contribution in [0.25, 0.3) is 6.08 Å². The molecular weight excluding hydrogens is 330 g/mol. The SMILES string of the molecule is O=C1/C(=C/c2ccncc2)Oc2cc(OC(=O)C3CCCCC3)ccc21. The summed E-state index contributed by atoms with van der Waals surface area (Å²) in [5.41, 5.74) is 1.31.